The highest BCUT2D eigenvalue weighted by atomic mass is 14.9. The van der Waals surface area contributed by atoms with E-state index >= 15 is 0 Å². The predicted molar refractivity (Wildman–Crippen MR) is 266 cm³/mol. The number of benzene rings is 3. The summed E-state index contributed by atoms with van der Waals surface area (Å²) in [5.74, 6) is 1.62. The van der Waals surface area contributed by atoms with Gasteiger partial charge in [-0.3, -0.25) is 15.0 Å². The van der Waals surface area contributed by atoms with E-state index in [9.17, 15) is 0 Å². The zero-order valence-electron chi connectivity index (χ0n) is 40.0. The van der Waals surface area contributed by atoms with E-state index in [4.69, 9.17) is 0 Å². The molecule has 324 valence electrons. The molecule has 3 aromatic carbocycles. The van der Waals surface area contributed by atoms with Crippen LogP contribution in [0.4, 0.5) is 0 Å². The molecule has 0 atom stereocenters. The summed E-state index contributed by atoms with van der Waals surface area (Å²) in [5.41, 5.74) is 17.5. The van der Waals surface area contributed by atoms with Crippen LogP contribution in [0.2, 0.25) is 0 Å². The minimum absolute atomic E-state index is 0.477. The fourth-order valence-corrected chi connectivity index (χ4v) is 8.79. The van der Waals surface area contributed by atoms with Crippen LogP contribution < -0.4 is 13.7 Å². The second-order valence-corrected chi connectivity index (χ2v) is 18.4. The maximum Gasteiger partial charge on any atom is 0.214 e. The second kappa shape index (κ2) is 19.8. The van der Waals surface area contributed by atoms with Gasteiger partial charge in [0.1, 0.15) is 21.1 Å². The Labute approximate surface area is 381 Å². The van der Waals surface area contributed by atoms with Crippen molar-refractivity contribution in [3.8, 4) is 33.8 Å². The minimum Gasteiger partial charge on any atom is -0.264 e. The van der Waals surface area contributed by atoms with Crippen LogP contribution in [-0.4, -0.2) is 15.0 Å². The first-order valence-corrected chi connectivity index (χ1v) is 22.7. The van der Waals surface area contributed by atoms with Gasteiger partial charge in [0, 0.05) is 65.1 Å². The van der Waals surface area contributed by atoms with Crippen molar-refractivity contribution < 1.29 is 13.7 Å². The summed E-state index contributed by atoms with van der Waals surface area (Å²) >= 11 is 0. The molecule has 0 spiro atoms. The summed E-state index contributed by atoms with van der Waals surface area (Å²) in [6.07, 6.45) is 15.5. The molecule has 6 heteroatoms. The highest BCUT2D eigenvalue weighted by Gasteiger charge is 2.19. The van der Waals surface area contributed by atoms with Crippen LogP contribution in [0.15, 0.2) is 147 Å². The van der Waals surface area contributed by atoms with Crippen LogP contribution in [-0.2, 0) is 27.6 Å². The van der Waals surface area contributed by atoms with Crippen LogP contribution in [0.5, 0.6) is 0 Å². The van der Waals surface area contributed by atoms with Crippen molar-refractivity contribution in [2.24, 2.45) is 27.1 Å². The topological polar surface area (TPSA) is 50.3 Å². The van der Waals surface area contributed by atoms with E-state index in [1.54, 1.807) is 0 Å². The van der Waals surface area contributed by atoms with Gasteiger partial charge in [0.25, 0.3) is 0 Å². The fourth-order valence-electron chi connectivity index (χ4n) is 8.79. The summed E-state index contributed by atoms with van der Waals surface area (Å²) in [7, 11) is 6.34. The van der Waals surface area contributed by atoms with E-state index in [1.807, 2.05) is 24.8 Å². The van der Waals surface area contributed by atoms with Gasteiger partial charge in [-0.15, -0.1) is 0 Å². The Hall–Kier alpha value is -6.66. The lowest BCUT2D eigenvalue weighted by Gasteiger charge is -2.10. The molecule has 64 heavy (non-hydrogen) atoms. The standard InChI is InChI=1S/C20H23N2.2C19H21N2/c1-14(2)11-16-9-10-21-19-12-20(22(4)13-18(16)19)17-8-6-5-7-15(17)3;1-13(2)17-11-20-10-15-9-19(21(4)12-18(15)17)16-8-6-5-7-14(16)3;1-13(2)15-9-10-20-18-11-19(21(4)12-17(15)18)16-8-6-5-7-14(16)3/h5-10,12-14H,11H2,1-4H3;2*5-13H,1-4H3/q3*+1. The van der Waals surface area contributed by atoms with E-state index < -0.39 is 0 Å². The van der Waals surface area contributed by atoms with E-state index in [-0.39, 0.29) is 0 Å². The molecule has 6 heterocycles. The van der Waals surface area contributed by atoms with Crippen molar-refractivity contribution in [3.05, 3.63) is 180 Å². The zero-order valence-corrected chi connectivity index (χ0v) is 40.0. The number of hydrogen-bond acceptors (Lipinski definition) is 3. The van der Waals surface area contributed by atoms with E-state index in [1.165, 1.54) is 88.7 Å². The molecule has 0 saturated carbocycles. The molecule has 0 aliphatic carbocycles. The number of rotatable bonds is 7. The number of aromatic nitrogens is 6. The molecule has 0 fully saturated rings. The molecule has 9 rings (SSSR count). The summed E-state index contributed by atoms with van der Waals surface area (Å²) in [6.45, 7) is 19.9. The lowest BCUT2D eigenvalue weighted by atomic mass is 9.98. The highest BCUT2D eigenvalue weighted by Crippen LogP contribution is 2.30. The first kappa shape index (κ1) is 45.4. The Morgan fingerprint density at radius 3 is 1.39 bits per heavy atom. The zero-order chi connectivity index (χ0) is 45.7. The molecule has 0 aliphatic heterocycles. The Bertz CT molecular complexity index is 2950. The molecule has 0 amide bonds. The molecular weight excluding hydrogens is 781 g/mol. The Balaban J connectivity index is 0.000000144. The third-order valence-corrected chi connectivity index (χ3v) is 12.3. The Morgan fingerprint density at radius 1 is 0.469 bits per heavy atom. The van der Waals surface area contributed by atoms with E-state index in [0.717, 1.165) is 17.5 Å². The maximum absolute atomic E-state index is 4.59. The molecule has 0 unspecified atom stereocenters. The summed E-state index contributed by atoms with van der Waals surface area (Å²) in [4.78, 5) is 13.6. The van der Waals surface area contributed by atoms with Gasteiger partial charge in [0.15, 0.2) is 18.6 Å². The number of aryl methyl sites for hydroxylation is 6. The lowest BCUT2D eigenvalue weighted by Crippen LogP contribution is -2.31. The summed E-state index contributed by atoms with van der Waals surface area (Å²) < 4.78 is 6.64. The largest absolute Gasteiger partial charge is 0.264 e. The monoisotopic (exact) mass is 846 g/mol. The average molecular weight is 846 g/mol. The van der Waals surface area contributed by atoms with Gasteiger partial charge in [-0.25, -0.2) is 13.7 Å². The van der Waals surface area contributed by atoms with Crippen molar-refractivity contribution >= 4 is 32.6 Å². The molecule has 0 saturated heterocycles. The van der Waals surface area contributed by atoms with Gasteiger partial charge in [0.05, 0.1) is 27.2 Å². The van der Waals surface area contributed by atoms with Crippen LogP contribution >= 0.6 is 0 Å². The maximum atomic E-state index is 4.59. The van der Waals surface area contributed by atoms with Crippen LogP contribution in [0.25, 0.3) is 66.4 Å². The van der Waals surface area contributed by atoms with Gasteiger partial charge in [0.2, 0.25) is 17.1 Å². The molecule has 0 bridgehead atoms. The predicted octanol–water partition coefficient (Wildman–Crippen LogP) is 12.5. The van der Waals surface area contributed by atoms with Gasteiger partial charge < -0.3 is 0 Å². The molecule has 0 aliphatic rings. The first-order chi connectivity index (χ1) is 30.7. The fraction of sp³-hybridized carbons (Fsp3) is 0.276. The third kappa shape index (κ3) is 9.92. The average Bonchev–Trinajstić information content (AvgIpc) is 3.26. The lowest BCUT2D eigenvalue weighted by molar-refractivity contribution is -0.659. The number of pyridine rings is 6. The van der Waals surface area contributed by atoms with Crippen LogP contribution in [0.3, 0.4) is 0 Å². The Morgan fingerprint density at radius 2 is 0.906 bits per heavy atom. The molecule has 0 radical (unpaired) electrons. The highest BCUT2D eigenvalue weighted by molar-refractivity contribution is 5.87. The molecule has 6 aromatic heterocycles. The summed E-state index contributed by atoms with van der Waals surface area (Å²) in [6, 6.07) is 36.4. The van der Waals surface area contributed by atoms with E-state index in [2.05, 4.69) is 234 Å². The molecule has 0 N–H and O–H groups in total. The van der Waals surface area contributed by atoms with Crippen LogP contribution in [0, 0.1) is 26.7 Å². The van der Waals surface area contributed by atoms with Gasteiger partial charge >= 0.3 is 0 Å². The molecular formula is C58H65N6+3. The van der Waals surface area contributed by atoms with Crippen molar-refractivity contribution in [1.29, 1.82) is 0 Å². The molecule has 6 nitrogen and oxygen atoms in total. The van der Waals surface area contributed by atoms with Gasteiger partial charge in [-0.1, -0.05) is 96.1 Å². The second-order valence-electron chi connectivity index (χ2n) is 18.4. The number of fused-ring (bicyclic) bond motifs is 3. The molecule has 9 aromatic rings. The van der Waals surface area contributed by atoms with Crippen molar-refractivity contribution in [2.45, 2.75) is 80.6 Å². The normalized spacial score (nSPS) is 11.3. The van der Waals surface area contributed by atoms with Crippen molar-refractivity contribution in [1.82, 2.24) is 15.0 Å². The van der Waals surface area contributed by atoms with Crippen molar-refractivity contribution in [3.63, 3.8) is 0 Å². The minimum atomic E-state index is 0.477. The van der Waals surface area contributed by atoms with Crippen LogP contribution in [0.1, 0.15) is 86.8 Å². The first-order valence-electron chi connectivity index (χ1n) is 22.7. The quantitative estimate of drug-likeness (QED) is 0.150. The summed E-state index contributed by atoms with van der Waals surface area (Å²) in [5, 5.41) is 5.00. The Kier molecular flexibility index (Phi) is 14.0. The number of nitrogens with zero attached hydrogens (tertiary/aromatic N) is 6. The van der Waals surface area contributed by atoms with E-state index in [0.29, 0.717) is 17.8 Å². The SMILES string of the molecule is Cc1ccccc1-c1cc2cncc(C(C)C)c2c[n+]1C.Cc1ccccc1-c1cc2nccc(C(C)C)c2c[n+]1C.Cc1ccccc1-c1cc2nccc(CC(C)C)c2c[n+]1C. The van der Waals surface area contributed by atoms with Gasteiger partial charge in [-0.2, -0.15) is 0 Å². The third-order valence-electron chi connectivity index (χ3n) is 12.3. The smallest absolute Gasteiger partial charge is 0.214 e. The number of hydrogen-bond donors (Lipinski definition) is 0. The van der Waals surface area contributed by atoms with Crippen molar-refractivity contribution in [2.75, 3.05) is 0 Å². The van der Waals surface area contributed by atoms with Gasteiger partial charge in [-0.05, 0) is 109 Å².